The maximum absolute atomic E-state index is 5.29. The van der Waals surface area contributed by atoms with E-state index in [4.69, 9.17) is 4.74 Å². The monoisotopic (exact) mass is 166 g/mol. The minimum absolute atomic E-state index is 0.480. The van der Waals surface area contributed by atoms with E-state index in [0.717, 1.165) is 13.0 Å². The highest BCUT2D eigenvalue weighted by Gasteiger charge is 1.92. The van der Waals surface area contributed by atoms with Crippen molar-refractivity contribution in [1.29, 1.82) is 0 Å². The summed E-state index contributed by atoms with van der Waals surface area (Å²) in [6.45, 7) is 2.89. The molecule has 0 spiro atoms. The average Bonchev–Trinajstić information content (AvgIpc) is 2.14. The van der Waals surface area contributed by atoms with Gasteiger partial charge >= 0.3 is 6.01 Å². The smallest absolute Gasteiger partial charge is 0.316 e. The number of rotatable bonds is 5. The maximum Gasteiger partial charge on any atom is 0.316 e. The van der Waals surface area contributed by atoms with Gasteiger partial charge in [0.1, 0.15) is 0 Å². The lowest BCUT2D eigenvalue weighted by Crippen LogP contribution is -1.99. The Balaban J connectivity index is 2.16. The van der Waals surface area contributed by atoms with Gasteiger partial charge in [-0.1, -0.05) is 19.8 Å². The summed E-state index contributed by atoms with van der Waals surface area (Å²) in [4.78, 5) is 7.89. The molecule has 0 fully saturated rings. The van der Waals surface area contributed by atoms with Crippen molar-refractivity contribution in [2.75, 3.05) is 6.61 Å². The quantitative estimate of drug-likeness (QED) is 0.628. The summed E-state index contributed by atoms with van der Waals surface area (Å²) in [7, 11) is 0. The Bertz CT molecular complexity index is 201. The molecule has 0 radical (unpaired) electrons. The van der Waals surface area contributed by atoms with Crippen LogP contribution < -0.4 is 4.74 Å². The average molecular weight is 166 g/mol. The highest BCUT2D eigenvalue weighted by atomic mass is 16.5. The van der Waals surface area contributed by atoms with Crippen LogP contribution in [0.15, 0.2) is 18.5 Å². The zero-order chi connectivity index (χ0) is 8.65. The Labute approximate surface area is 72.8 Å². The lowest BCUT2D eigenvalue weighted by Gasteiger charge is -2.01. The number of aromatic nitrogens is 2. The van der Waals surface area contributed by atoms with E-state index >= 15 is 0 Å². The van der Waals surface area contributed by atoms with Crippen LogP contribution in [0, 0.1) is 0 Å². The molecule has 0 N–H and O–H groups in total. The van der Waals surface area contributed by atoms with Crippen molar-refractivity contribution in [3.63, 3.8) is 0 Å². The van der Waals surface area contributed by atoms with E-state index in [2.05, 4.69) is 16.9 Å². The number of ether oxygens (including phenoxy) is 1. The zero-order valence-electron chi connectivity index (χ0n) is 7.36. The molecule has 1 rings (SSSR count). The Kier molecular flexibility index (Phi) is 4.13. The molecule has 0 aromatic carbocycles. The molecule has 0 saturated heterocycles. The van der Waals surface area contributed by atoms with E-state index in [1.54, 1.807) is 18.5 Å². The molecule has 1 aromatic heterocycles. The van der Waals surface area contributed by atoms with Gasteiger partial charge in [-0.05, 0) is 12.5 Å². The molecule has 12 heavy (non-hydrogen) atoms. The molecule has 0 amide bonds. The van der Waals surface area contributed by atoms with Gasteiger partial charge < -0.3 is 4.74 Å². The van der Waals surface area contributed by atoms with Crippen LogP contribution in [0.2, 0.25) is 0 Å². The largest absolute Gasteiger partial charge is 0.463 e. The van der Waals surface area contributed by atoms with Gasteiger partial charge in [-0.15, -0.1) is 0 Å². The third-order valence-electron chi connectivity index (χ3n) is 1.52. The molecular formula is C9H14N2O. The fourth-order valence-corrected chi connectivity index (χ4v) is 0.875. The number of hydrogen-bond acceptors (Lipinski definition) is 3. The van der Waals surface area contributed by atoms with Crippen molar-refractivity contribution in [2.24, 2.45) is 0 Å². The number of hydrogen-bond donors (Lipinski definition) is 0. The molecule has 1 heterocycles. The van der Waals surface area contributed by atoms with Crippen LogP contribution in [0.25, 0.3) is 0 Å². The Morgan fingerprint density at radius 2 is 2.00 bits per heavy atom. The molecule has 1 aromatic rings. The summed E-state index contributed by atoms with van der Waals surface area (Å²) in [6.07, 6.45) is 6.85. The highest BCUT2D eigenvalue weighted by Crippen LogP contribution is 2.00. The van der Waals surface area contributed by atoms with Crippen molar-refractivity contribution in [3.05, 3.63) is 18.5 Å². The molecule has 0 aliphatic heterocycles. The number of nitrogens with zero attached hydrogens (tertiary/aromatic N) is 2. The standard InChI is InChI=1S/C9H14N2O/c1-2-3-4-8-12-9-10-6-5-7-11-9/h5-7H,2-4,8H2,1H3. The molecular weight excluding hydrogens is 152 g/mol. The SMILES string of the molecule is CCCCCOc1ncccn1. The first-order valence-electron chi connectivity index (χ1n) is 4.33. The third kappa shape index (κ3) is 3.32. The first-order chi connectivity index (χ1) is 5.93. The zero-order valence-corrected chi connectivity index (χ0v) is 7.36. The van der Waals surface area contributed by atoms with E-state index in [9.17, 15) is 0 Å². The van der Waals surface area contributed by atoms with Gasteiger partial charge in [0.2, 0.25) is 0 Å². The highest BCUT2D eigenvalue weighted by molar-refractivity contribution is 4.92. The molecule has 0 unspecified atom stereocenters. The van der Waals surface area contributed by atoms with E-state index in [1.807, 2.05) is 0 Å². The summed E-state index contributed by atoms with van der Waals surface area (Å²) >= 11 is 0. The molecule has 66 valence electrons. The van der Waals surface area contributed by atoms with E-state index in [-0.39, 0.29) is 0 Å². The first kappa shape index (κ1) is 8.97. The van der Waals surface area contributed by atoms with Crippen LogP contribution in [0.3, 0.4) is 0 Å². The van der Waals surface area contributed by atoms with Gasteiger partial charge in [-0.3, -0.25) is 0 Å². The third-order valence-corrected chi connectivity index (χ3v) is 1.52. The lowest BCUT2D eigenvalue weighted by molar-refractivity contribution is 0.282. The van der Waals surface area contributed by atoms with Crippen LogP contribution >= 0.6 is 0 Å². The minimum Gasteiger partial charge on any atom is -0.463 e. The van der Waals surface area contributed by atoms with Gasteiger partial charge in [0.05, 0.1) is 6.61 Å². The second kappa shape index (κ2) is 5.52. The van der Waals surface area contributed by atoms with Crippen molar-refractivity contribution in [1.82, 2.24) is 9.97 Å². The summed E-state index contributed by atoms with van der Waals surface area (Å²) in [5.74, 6) is 0. The Hall–Kier alpha value is -1.12. The predicted octanol–water partition coefficient (Wildman–Crippen LogP) is 2.05. The molecule has 0 saturated carbocycles. The maximum atomic E-state index is 5.29. The Morgan fingerprint density at radius 3 is 2.67 bits per heavy atom. The fourth-order valence-electron chi connectivity index (χ4n) is 0.875. The van der Waals surface area contributed by atoms with Crippen molar-refractivity contribution in [2.45, 2.75) is 26.2 Å². The minimum atomic E-state index is 0.480. The van der Waals surface area contributed by atoms with Crippen LogP contribution in [0.1, 0.15) is 26.2 Å². The summed E-state index contributed by atoms with van der Waals surface area (Å²) in [5, 5.41) is 0. The van der Waals surface area contributed by atoms with Gasteiger partial charge in [0.25, 0.3) is 0 Å². The molecule has 0 aliphatic carbocycles. The van der Waals surface area contributed by atoms with E-state index in [1.165, 1.54) is 12.8 Å². The molecule has 0 atom stereocenters. The molecule has 3 nitrogen and oxygen atoms in total. The fraction of sp³-hybridized carbons (Fsp3) is 0.556. The second-order valence-electron chi connectivity index (χ2n) is 2.59. The summed E-state index contributed by atoms with van der Waals surface area (Å²) in [5.41, 5.74) is 0. The predicted molar refractivity (Wildman–Crippen MR) is 47.1 cm³/mol. The van der Waals surface area contributed by atoms with Crippen molar-refractivity contribution >= 4 is 0 Å². The van der Waals surface area contributed by atoms with Gasteiger partial charge in [0, 0.05) is 12.4 Å². The van der Waals surface area contributed by atoms with Crippen molar-refractivity contribution in [3.8, 4) is 6.01 Å². The lowest BCUT2D eigenvalue weighted by atomic mass is 10.3. The van der Waals surface area contributed by atoms with Crippen LogP contribution in [0.4, 0.5) is 0 Å². The Morgan fingerprint density at radius 1 is 1.25 bits per heavy atom. The molecule has 0 bridgehead atoms. The number of unbranched alkanes of at least 4 members (excludes halogenated alkanes) is 2. The van der Waals surface area contributed by atoms with Gasteiger partial charge in [-0.25, -0.2) is 9.97 Å². The summed E-state index contributed by atoms with van der Waals surface area (Å²) < 4.78 is 5.29. The van der Waals surface area contributed by atoms with Crippen molar-refractivity contribution < 1.29 is 4.74 Å². The van der Waals surface area contributed by atoms with E-state index < -0.39 is 0 Å². The normalized spacial score (nSPS) is 9.75. The van der Waals surface area contributed by atoms with E-state index in [0.29, 0.717) is 6.01 Å². The van der Waals surface area contributed by atoms with Crippen LogP contribution in [-0.2, 0) is 0 Å². The topological polar surface area (TPSA) is 35.0 Å². The first-order valence-corrected chi connectivity index (χ1v) is 4.33. The van der Waals surface area contributed by atoms with Gasteiger partial charge in [-0.2, -0.15) is 0 Å². The molecule has 0 aliphatic rings. The summed E-state index contributed by atoms with van der Waals surface area (Å²) in [6, 6.07) is 2.26. The second-order valence-corrected chi connectivity index (χ2v) is 2.59. The van der Waals surface area contributed by atoms with Crippen LogP contribution in [-0.4, -0.2) is 16.6 Å². The molecule has 3 heteroatoms. The van der Waals surface area contributed by atoms with Crippen LogP contribution in [0.5, 0.6) is 6.01 Å². The van der Waals surface area contributed by atoms with Gasteiger partial charge in [0.15, 0.2) is 0 Å².